The van der Waals surface area contributed by atoms with Crippen LogP contribution in [0.25, 0.3) is 0 Å². The van der Waals surface area contributed by atoms with Gasteiger partial charge in [0.15, 0.2) is 0 Å². The largest absolute Gasteiger partial charge is 0.460 e. The molecule has 1 aliphatic carbocycles. The highest BCUT2D eigenvalue weighted by Gasteiger charge is 2.24. The van der Waals surface area contributed by atoms with Gasteiger partial charge in [-0.25, -0.2) is 9.97 Å². The zero-order valence-corrected chi connectivity index (χ0v) is 14.2. The minimum Gasteiger partial charge on any atom is -0.460 e. The van der Waals surface area contributed by atoms with Crippen LogP contribution < -0.4 is 10.1 Å². The molecule has 1 amide bonds. The van der Waals surface area contributed by atoms with Gasteiger partial charge in [-0.2, -0.15) is 0 Å². The predicted molar refractivity (Wildman–Crippen MR) is 90.3 cm³/mol. The van der Waals surface area contributed by atoms with Crippen LogP contribution in [0.4, 0.5) is 0 Å². The molecule has 1 aliphatic rings. The molecular formula is C17H18BrN3O2. The third-order valence-electron chi connectivity index (χ3n) is 3.91. The van der Waals surface area contributed by atoms with Gasteiger partial charge in [-0.05, 0) is 49.9 Å². The lowest BCUT2D eigenvalue weighted by molar-refractivity contribution is 0.0885. The summed E-state index contributed by atoms with van der Waals surface area (Å²) in [6.45, 7) is 0. The Morgan fingerprint density at radius 3 is 2.57 bits per heavy atom. The van der Waals surface area contributed by atoms with Crippen LogP contribution in [-0.2, 0) is 0 Å². The number of ether oxygens (including phenoxy) is 1. The first-order valence-electron chi connectivity index (χ1n) is 7.71. The fourth-order valence-corrected chi connectivity index (χ4v) is 3.12. The molecule has 0 spiro atoms. The van der Waals surface area contributed by atoms with E-state index in [1.54, 1.807) is 18.5 Å². The summed E-state index contributed by atoms with van der Waals surface area (Å²) in [5.74, 6) is -0.0259. The third-order valence-corrected chi connectivity index (χ3v) is 4.40. The maximum atomic E-state index is 12.3. The first-order chi connectivity index (χ1) is 11.2. The third kappa shape index (κ3) is 4.51. The van der Waals surface area contributed by atoms with Crippen molar-refractivity contribution in [1.29, 1.82) is 0 Å². The molecule has 1 saturated carbocycles. The molecule has 1 fully saturated rings. The molecule has 5 nitrogen and oxygen atoms in total. The van der Waals surface area contributed by atoms with E-state index in [0.717, 1.165) is 30.2 Å². The molecule has 3 rings (SSSR count). The Kier molecular flexibility index (Phi) is 5.23. The molecule has 0 bridgehead atoms. The lowest BCUT2D eigenvalue weighted by atomic mass is 9.92. The summed E-state index contributed by atoms with van der Waals surface area (Å²) >= 11 is 3.39. The molecule has 2 aromatic rings. The van der Waals surface area contributed by atoms with Gasteiger partial charge in [-0.1, -0.05) is 22.0 Å². The molecule has 6 heteroatoms. The van der Waals surface area contributed by atoms with Crippen LogP contribution in [0.3, 0.4) is 0 Å². The van der Waals surface area contributed by atoms with E-state index in [1.165, 1.54) is 0 Å². The average molecular weight is 376 g/mol. The highest BCUT2D eigenvalue weighted by Crippen LogP contribution is 2.22. The molecule has 0 atom stereocenters. The number of hydrogen-bond donors (Lipinski definition) is 1. The topological polar surface area (TPSA) is 64.1 Å². The summed E-state index contributed by atoms with van der Waals surface area (Å²) in [5.41, 5.74) is 0.676. The number of carbonyl (C=O) groups excluding carboxylic acids is 1. The lowest BCUT2D eigenvalue weighted by Crippen LogP contribution is -2.39. The Hall–Kier alpha value is -1.95. The Morgan fingerprint density at radius 1 is 1.13 bits per heavy atom. The van der Waals surface area contributed by atoms with Crippen LogP contribution in [0, 0.1) is 0 Å². The number of benzene rings is 1. The predicted octanol–water partition coefficient (Wildman–Crippen LogP) is 3.36. The molecule has 1 aromatic heterocycles. The van der Waals surface area contributed by atoms with Crippen LogP contribution in [-0.4, -0.2) is 28.0 Å². The minimum atomic E-state index is -0.0259. The minimum absolute atomic E-state index is 0.0259. The summed E-state index contributed by atoms with van der Waals surface area (Å²) in [5, 5.41) is 3.10. The van der Waals surface area contributed by atoms with E-state index in [1.807, 2.05) is 24.3 Å². The molecule has 0 radical (unpaired) electrons. The van der Waals surface area contributed by atoms with E-state index in [9.17, 15) is 4.79 Å². The van der Waals surface area contributed by atoms with Gasteiger partial charge in [-0.3, -0.25) is 4.79 Å². The SMILES string of the molecule is O=C(NC1CCC(Oc2ncccn2)CC1)c1cccc(Br)c1. The standard InChI is InChI=1S/C17H18BrN3O2/c18-13-4-1-3-12(11-13)16(22)21-14-5-7-15(8-6-14)23-17-19-9-2-10-20-17/h1-4,9-11,14-15H,5-8H2,(H,21,22). The van der Waals surface area contributed by atoms with Crippen LogP contribution in [0.5, 0.6) is 6.01 Å². The van der Waals surface area contributed by atoms with Crippen LogP contribution in [0.2, 0.25) is 0 Å². The van der Waals surface area contributed by atoms with Crippen molar-refractivity contribution in [2.24, 2.45) is 0 Å². The Labute approximate surface area is 143 Å². The Bertz CT molecular complexity index is 658. The van der Waals surface area contributed by atoms with Crippen molar-refractivity contribution in [2.45, 2.75) is 37.8 Å². The van der Waals surface area contributed by atoms with Crippen molar-refractivity contribution in [3.05, 3.63) is 52.8 Å². The summed E-state index contributed by atoms with van der Waals surface area (Å²) in [6, 6.07) is 9.81. The summed E-state index contributed by atoms with van der Waals surface area (Å²) < 4.78 is 6.68. The second kappa shape index (κ2) is 7.55. The van der Waals surface area contributed by atoms with Gasteiger partial charge in [0.1, 0.15) is 6.10 Å². The van der Waals surface area contributed by atoms with Crippen molar-refractivity contribution in [2.75, 3.05) is 0 Å². The summed E-state index contributed by atoms with van der Waals surface area (Å²) in [4.78, 5) is 20.4. The van der Waals surface area contributed by atoms with Crippen LogP contribution >= 0.6 is 15.9 Å². The fourth-order valence-electron chi connectivity index (χ4n) is 2.72. The first kappa shape index (κ1) is 15.9. The number of rotatable bonds is 4. The number of amides is 1. The molecule has 23 heavy (non-hydrogen) atoms. The number of carbonyl (C=O) groups is 1. The average Bonchev–Trinajstić information content (AvgIpc) is 2.57. The van der Waals surface area contributed by atoms with Gasteiger partial charge >= 0.3 is 6.01 Å². The van der Waals surface area contributed by atoms with E-state index in [4.69, 9.17) is 4.74 Å². The van der Waals surface area contributed by atoms with Crippen LogP contribution in [0.1, 0.15) is 36.0 Å². The van der Waals surface area contributed by atoms with Crippen molar-refractivity contribution in [3.8, 4) is 6.01 Å². The number of hydrogen-bond acceptors (Lipinski definition) is 4. The van der Waals surface area contributed by atoms with Gasteiger partial charge < -0.3 is 10.1 Å². The second-order valence-electron chi connectivity index (χ2n) is 5.61. The molecule has 1 N–H and O–H groups in total. The Morgan fingerprint density at radius 2 is 1.87 bits per heavy atom. The Balaban J connectivity index is 1.48. The summed E-state index contributed by atoms with van der Waals surface area (Å²) in [7, 11) is 0. The highest BCUT2D eigenvalue weighted by molar-refractivity contribution is 9.10. The second-order valence-corrected chi connectivity index (χ2v) is 6.52. The molecule has 1 aromatic carbocycles. The van der Waals surface area contributed by atoms with Crippen molar-refractivity contribution >= 4 is 21.8 Å². The maximum Gasteiger partial charge on any atom is 0.316 e. The van der Waals surface area contributed by atoms with Gasteiger partial charge in [-0.15, -0.1) is 0 Å². The zero-order chi connectivity index (χ0) is 16.1. The molecule has 0 unspecified atom stereocenters. The van der Waals surface area contributed by atoms with Gasteiger partial charge in [0.05, 0.1) is 0 Å². The van der Waals surface area contributed by atoms with E-state index in [0.29, 0.717) is 11.6 Å². The monoisotopic (exact) mass is 375 g/mol. The molecule has 120 valence electrons. The number of aromatic nitrogens is 2. The van der Waals surface area contributed by atoms with Gasteiger partial charge in [0.2, 0.25) is 0 Å². The van der Waals surface area contributed by atoms with E-state index in [2.05, 4.69) is 31.2 Å². The van der Waals surface area contributed by atoms with E-state index < -0.39 is 0 Å². The van der Waals surface area contributed by atoms with E-state index >= 15 is 0 Å². The van der Waals surface area contributed by atoms with Crippen molar-refractivity contribution in [3.63, 3.8) is 0 Å². The highest BCUT2D eigenvalue weighted by atomic mass is 79.9. The quantitative estimate of drug-likeness (QED) is 0.889. The number of nitrogens with zero attached hydrogens (tertiary/aromatic N) is 2. The smallest absolute Gasteiger partial charge is 0.316 e. The van der Waals surface area contributed by atoms with Crippen molar-refractivity contribution in [1.82, 2.24) is 15.3 Å². The lowest BCUT2D eigenvalue weighted by Gasteiger charge is -2.28. The van der Waals surface area contributed by atoms with Crippen LogP contribution in [0.15, 0.2) is 47.2 Å². The molecule has 0 aliphatic heterocycles. The summed E-state index contributed by atoms with van der Waals surface area (Å²) in [6.07, 6.45) is 7.05. The molecule has 0 saturated heterocycles. The maximum absolute atomic E-state index is 12.3. The number of nitrogens with one attached hydrogen (secondary N) is 1. The van der Waals surface area contributed by atoms with Crippen molar-refractivity contribution < 1.29 is 9.53 Å². The number of halogens is 1. The molecule has 1 heterocycles. The normalized spacial score (nSPS) is 20.7. The fraction of sp³-hybridized carbons (Fsp3) is 0.353. The first-order valence-corrected chi connectivity index (χ1v) is 8.50. The van der Waals surface area contributed by atoms with E-state index in [-0.39, 0.29) is 18.1 Å². The van der Waals surface area contributed by atoms with Gasteiger partial charge in [0.25, 0.3) is 5.91 Å². The molecular weight excluding hydrogens is 358 g/mol. The zero-order valence-electron chi connectivity index (χ0n) is 12.6. The van der Waals surface area contributed by atoms with Gasteiger partial charge in [0, 0.05) is 28.5 Å².